The Balaban J connectivity index is 1.76. The van der Waals surface area contributed by atoms with Crippen LogP contribution in [0, 0.1) is 13.8 Å². The van der Waals surface area contributed by atoms with E-state index in [1.165, 1.54) is 12.8 Å². The van der Waals surface area contributed by atoms with Crippen LogP contribution in [0.2, 0.25) is 0 Å². The molecule has 1 aromatic heterocycles. The highest BCUT2D eigenvalue weighted by molar-refractivity contribution is 5.97. The number of hydrogen-bond donors (Lipinski definition) is 0. The third-order valence-corrected chi connectivity index (χ3v) is 4.86. The molecular formula is C19H24N2O3. The second-order valence-corrected chi connectivity index (χ2v) is 6.44. The molecule has 0 N–H and O–H groups in total. The molecule has 3 rings (SSSR count). The molecule has 1 aromatic carbocycles. The number of carbonyl (C=O) groups is 1. The monoisotopic (exact) mass is 328 g/mol. The van der Waals surface area contributed by atoms with Gasteiger partial charge in [0.15, 0.2) is 0 Å². The van der Waals surface area contributed by atoms with Gasteiger partial charge in [0, 0.05) is 13.1 Å². The molecule has 5 heteroatoms. The second-order valence-electron chi connectivity index (χ2n) is 6.44. The summed E-state index contributed by atoms with van der Waals surface area (Å²) in [6, 6.07) is 7.77. The third kappa shape index (κ3) is 3.30. The first-order chi connectivity index (χ1) is 11.6. The number of para-hydroxylation sites is 1. The number of aromatic nitrogens is 1. The summed E-state index contributed by atoms with van der Waals surface area (Å²) in [6.07, 6.45) is 4.58. The van der Waals surface area contributed by atoms with E-state index in [1.54, 1.807) is 0 Å². The van der Waals surface area contributed by atoms with Crippen LogP contribution in [0.4, 0.5) is 0 Å². The molecule has 0 aliphatic heterocycles. The van der Waals surface area contributed by atoms with Gasteiger partial charge in [0.1, 0.15) is 18.1 Å². The van der Waals surface area contributed by atoms with Crippen molar-refractivity contribution >= 4 is 5.91 Å². The fraction of sp³-hybridized carbons (Fsp3) is 0.474. The Bertz CT molecular complexity index is 698. The van der Waals surface area contributed by atoms with E-state index in [-0.39, 0.29) is 5.91 Å². The zero-order valence-electron chi connectivity index (χ0n) is 14.5. The van der Waals surface area contributed by atoms with Crippen LogP contribution in [0.5, 0.6) is 5.75 Å². The maximum absolute atomic E-state index is 12.9. The number of aryl methyl sites for hydroxylation is 2. The lowest BCUT2D eigenvalue weighted by Gasteiger charge is -2.25. The summed E-state index contributed by atoms with van der Waals surface area (Å²) >= 11 is 0. The van der Waals surface area contributed by atoms with E-state index in [2.05, 4.69) is 5.16 Å². The molecule has 0 saturated heterocycles. The number of benzene rings is 1. The van der Waals surface area contributed by atoms with Crippen molar-refractivity contribution in [2.75, 3.05) is 7.05 Å². The van der Waals surface area contributed by atoms with Gasteiger partial charge in [-0.15, -0.1) is 0 Å². The van der Waals surface area contributed by atoms with E-state index in [9.17, 15) is 4.79 Å². The molecule has 1 amide bonds. The Hall–Kier alpha value is -2.30. The minimum Gasteiger partial charge on any atom is -0.488 e. The lowest BCUT2D eigenvalue weighted by atomic mass is 10.1. The van der Waals surface area contributed by atoms with Crippen LogP contribution in [-0.2, 0) is 6.61 Å². The van der Waals surface area contributed by atoms with Crippen LogP contribution in [0.15, 0.2) is 28.8 Å². The minimum atomic E-state index is 0.0243. The first kappa shape index (κ1) is 16.6. The van der Waals surface area contributed by atoms with Crippen molar-refractivity contribution < 1.29 is 14.1 Å². The SMILES string of the molecule is Cc1noc(C)c1COc1ccccc1C(=O)N(C)C1CCCC1. The Morgan fingerprint density at radius 2 is 2.00 bits per heavy atom. The van der Waals surface area contributed by atoms with Crippen molar-refractivity contribution in [1.82, 2.24) is 10.1 Å². The summed E-state index contributed by atoms with van der Waals surface area (Å²) in [5.74, 6) is 1.38. The van der Waals surface area contributed by atoms with Gasteiger partial charge in [0.05, 0.1) is 16.8 Å². The van der Waals surface area contributed by atoms with Crippen LogP contribution in [0.1, 0.15) is 53.1 Å². The zero-order chi connectivity index (χ0) is 17.1. The number of ether oxygens (including phenoxy) is 1. The molecule has 1 heterocycles. The lowest BCUT2D eigenvalue weighted by Crippen LogP contribution is -2.35. The van der Waals surface area contributed by atoms with Gasteiger partial charge in [0.25, 0.3) is 5.91 Å². The molecule has 2 aromatic rings. The molecule has 0 bridgehead atoms. The number of amides is 1. The molecule has 0 radical (unpaired) electrons. The normalized spacial score (nSPS) is 14.8. The first-order valence-electron chi connectivity index (χ1n) is 8.48. The smallest absolute Gasteiger partial charge is 0.257 e. The van der Waals surface area contributed by atoms with Gasteiger partial charge in [-0.3, -0.25) is 4.79 Å². The molecule has 1 aliphatic carbocycles. The second kappa shape index (κ2) is 7.07. The van der Waals surface area contributed by atoms with Crippen molar-refractivity contribution in [2.24, 2.45) is 0 Å². The summed E-state index contributed by atoms with van der Waals surface area (Å²) in [5.41, 5.74) is 2.36. The molecule has 5 nitrogen and oxygen atoms in total. The van der Waals surface area contributed by atoms with Gasteiger partial charge >= 0.3 is 0 Å². The van der Waals surface area contributed by atoms with E-state index in [4.69, 9.17) is 9.26 Å². The predicted octanol–water partition coefficient (Wildman–Crippen LogP) is 3.89. The predicted molar refractivity (Wildman–Crippen MR) is 91.1 cm³/mol. The first-order valence-corrected chi connectivity index (χ1v) is 8.48. The molecule has 128 valence electrons. The summed E-state index contributed by atoms with van der Waals surface area (Å²) in [6.45, 7) is 4.10. The van der Waals surface area contributed by atoms with Crippen molar-refractivity contribution in [3.05, 3.63) is 46.8 Å². The van der Waals surface area contributed by atoms with E-state index < -0.39 is 0 Å². The van der Waals surface area contributed by atoms with Crippen molar-refractivity contribution in [2.45, 2.75) is 52.2 Å². The maximum atomic E-state index is 12.9. The molecule has 1 fully saturated rings. The summed E-state index contributed by atoms with van der Waals surface area (Å²) in [7, 11) is 1.89. The highest BCUT2D eigenvalue weighted by Gasteiger charge is 2.26. The van der Waals surface area contributed by atoms with Crippen molar-refractivity contribution in [3.63, 3.8) is 0 Å². The lowest BCUT2D eigenvalue weighted by molar-refractivity contribution is 0.0730. The third-order valence-electron chi connectivity index (χ3n) is 4.86. The van der Waals surface area contributed by atoms with Gasteiger partial charge in [-0.25, -0.2) is 0 Å². The van der Waals surface area contributed by atoms with Gasteiger partial charge in [-0.2, -0.15) is 0 Å². The van der Waals surface area contributed by atoms with E-state index >= 15 is 0 Å². The van der Waals surface area contributed by atoms with Gasteiger partial charge in [-0.05, 0) is 38.8 Å². The van der Waals surface area contributed by atoms with Crippen LogP contribution in [0.25, 0.3) is 0 Å². The molecule has 24 heavy (non-hydrogen) atoms. The Kier molecular flexibility index (Phi) is 4.88. The molecule has 1 aliphatic rings. The molecule has 0 atom stereocenters. The van der Waals surface area contributed by atoms with Gasteiger partial charge in [0.2, 0.25) is 0 Å². The van der Waals surface area contributed by atoms with Crippen LogP contribution < -0.4 is 4.74 Å². The van der Waals surface area contributed by atoms with Crippen LogP contribution in [0.3, 0.4) is 0 Å². The van der Waals surface area contributed by atoms with Crippen LogP contribution in [-0.4, -0.2) is 29.1 Å². The standard InChI is InChI=1S/C19H24N2O3/c1-13-17(14(2)24-20-13)12-23-18-11-7-6-10-16(18)19(22)21(3)15-8-4-5-9-15/h6-7,10-11,15H,4-5,8-9,12H2,1-3H3. The maximum Gasteiger partial charge on any atom is 0.257 e. The quantitative estimate of drug-likeness (QED) is 0.835. The van der Waals surface area contributed by atoms with Gasteiger partial charge in [-0.1, -0.05) is 30.1 Å². The molecular weight excluding hydrogens is 304 g/mol. The summed E-state index contributed by atoms with van der Waals surface area (Å²) in [4.78, 5) is 14.7. The fourth-order valence-corrected chi connectivity index (χ4v) is 3.27. The number of carbonyl (C=O) groups excluding carboxylic acids is 1. The highest BCUT2D eigenvalue weighted by Crippen LogP contribution is 2.27. The topological polar surface area (TPSA) is 55.6 Å². The minimum absolute atomic E-state index is 0.0243. The fourth-order valence-electron chi connectivity index (χ4n) is 3.27. The van der Waals surface area contributed by atoms with Crippen LogP contribution >= 0.6 is 0 Å². The number of nitrogens with zero attached hydrogens (tertiary/aromatic N) is 2. The number of rotatable bonds is 5. The zero-order valence-corrected chi connectivity index (χ0v) is 14.5. The van der Waals surface area contributed by atoms with Crippen molar-refractivity contribution in [3.8, 4) is 5.75 Å². The highest BCUT2D eigenvalue weighted by atomic mass is 16.5. The Labute approximate surface area is 142 Å². The molecule has 0 spiro atoms. The average Bonchev–Trinajstić information content (AvgIpc) is 3.23. The summed E-state index contributed by atoms with van der Waals surface area (Å²) < 4.78 is 11.1. The van der Waals surface area contributed by atoms with E-state index in [1.807, 2.05) is 50.1 Å². The van der Waals surface area contributed by atoms with E-state index in [0.717, 1.165) is 29.9 Å². The Morgan fingerprint density at radius 3 is 2.67 bits per heavy atom. The average molecular weight is 328 g/mol. The Morgan fingerprint density at radius 1 is 1.29 bits per heavy atom. The summed E-state index contributed by atoms with van der Waals surface area (Å²) in [5, 5.41) is 3.94. The molecule has 1 saturated carbocycles. The largest absolute Gasteiger partial charge is 0.488 e. The van der Waals surface area contributed by atoms with Crippen molar-refractivity contribution in [1.29, 1.82) is 0 Å². The van der Waals surface area contributed by atoms with E-state index in [0.29, 0.717) is 24.0 Å². The number of hydrogen-bond acceptors (Lipinski definition) is 4. The van der Waals surface area contributed by atoms with Gasteiger partial charge < -0.3 is 14.2 Å². The molecule has 0 unspecified atom stereocenters.